The van der Waals surface area contributed by atoms with E-state index in [9.17, 15) is 8.42 Å². The van der Waals surface area contributed by atoms with E-state index in [4.69, 9.17) is 0 Å². The van der Waals surface area contributed by atoms with E-state index in [2.05, 4.69) is 5.32 Å². The summed E-state index contributed by atoms with van der Waals surface area (Å²) in [6.07, 6.45) is 3.85. The first kappa shape index (κ1) is 10.4. The van der Waals surface area contributed by atoms with E-state index in [-0.39, 0.29) is 11.3 Å². The van der Waals surface area contributed by atoms with Crippen LogP contribution in [0.1, 0.15) is 25.7 Å². The van der Waals surface area contributed by atoms with Crippen molar-refractivity contribution in [1.82, 2.24) is 9.62 Å². The normalized spacial score (nSPS) is 25.6. The highest BCUT2D eigenvalue weighted by molar-refractivity contribution is 7.89. The molecule has 0 spiro atoms. The van der Waals surface area contributed by atoms with Gasteiger partial charge < -0.3 is 5.32 Å². The van der Waals surface area contributed by atoms with Crippen LogP contribution in [-0.4, -0.2) is 44.2 Å². The van der Waals surface area contributed by atoms with Crippen LogP contribution in [0.4, 0.5) is 0 Å². The molecule has 2 fully saturated rings. The first-order valence-electron chi connectivity index (χ1n) is 5.30. The van der Waals surface area contributed by atoms with E-state index in [1.165, 1.54) is 0 Å². The Morgan fingerprint density at radius 3 is 2.21 bits per heavy atom. The van der Waals surface area contributed by atoms with E-state index in [0.29, 0.717) is 0 Å². The highest BCUT2D eigenvalue weighted by Gasteiger charge is 2.37. The van der Waals surface area contributed by atoms with Crippen LogP contribution in [0.15, 0.2) is 0 Å². The summed E-state index contributed by atoms with van der Waals surface area (Å²) in [4.78, 5) is 0. The Hall–Kier alpha value is -0.130. The zero-order valence-corrected chi connectivity index (χ0v) is 9.39. The van der Waals surface area contributed by atoms with Gasteiger partial charge in [0.15, 0.2) is 0 Å². The lowest BCUT2D eigenvalue weighted by Crippen LogP contribution is -2.58. The summed E-state index contributed by atoms with van der Waals surface area (Å²) in [6, 6.07) is 0.195. The maximum Gasteiger partial charge on any atom is 0.217 e. The average Bonchev–Trinajstić information content (AvgIpc) is 2.52. The monoisotopic (exact) mass is 218 g/mol. The molecule has 1 heterocycles. The Bertz CT molecular complexity index is 292. The SMILES string of the molecule is CN(C1CNC1)S(=O)(=O)C1CCCC1. The maximum atomic E-state index is 12.1. The standard InChI is InChI=1S/C9H18N2O2S/c1-11(8-6-10-7-8)14(12,13)9-4-2-3-5-9/h8-10H,2-7H2,1H3. The van der Waals surface area contributed by atoms with Crippen molar-refractivity contribution in [3.05, 3.63) is 0 Å². The molecule has 1 saturated heterocycles. The summed E-state index contributed by atoms with van der Waals surface area (Å²) in [5.74, 6) is 0. The lowest BCUT2D eigenvalue weighted by Gasteiger charge is -2.36. The number of likely N-dealkylation sites (N-methyl/N-ethyl adjacent to an activating group) is 1. The molecule has 0 radical (unpaired) electrons. The van der Waals surface area contributed by atoms with Gasteiger partial charge in [-0.1, -0.05) is 12.8 Å². The highest BCUT2D eigenvalue weighted by atomic mass is 32.2. The minimum Gasteiger partial charge on any atom is -0.313 e. The van der Waals surface area contributed by atoms with Crippen molar-refractivity contribution < 1.29 is 8.42 Å². The third-order valence-corrected chi connectivity index (χ3v) is 5.81. The van der Waals surface area contributed by atoms with Gasteiger partial charge in [0.1, 0.15) is 0 Å². The fourth-order valence-corrected chi connectivity index (χ4v) is 4.12. The van der Waals surface area contributed by atoms with Gasteiger partial charge in [0, 0.05) is 26.2 Å². The number of nitrogens with zero attached hydrogens (tertiary/aromatic N) is 1. The molecule has 4 nitrogen and oxygen atoms in total. The Morgan fingerprint density at radius 2 is 1.79 bits per heavy atom. The number of hydrogen-bond donors (Lipinski definition) is 1. The second-order valence-electron chi connectivity index (χ2n) is 4.28. The summed E-state index contributed by atoms with van der Waals surface area (Å²) in [6.45, 7) is 1.62. The molecule has 14 heavy (non-hydrogen) atoms. The summed E-state index contributed by atoms with van der Waals surface area (Å²) in [5.41, 5.74) is 0. The highest BCUT2D eigenvalue weighted by Crippen LogP contribution is 2.27. The Labute approximate surface area is 85.7 Å². The fraction of sp³-hybridized carbons (Fsp3) is 1.00. The zero-order chi connectivity index (χ0) is 10.2. The first-order valence-corrected chi connectivity index (χ1v) is 6.80. The Balaban J connectivity index is 2.05. The van der Waals surface area contributed by atoms with Crippen LogP contribution < -0.4 is 5.32 Å². The van der Waals surface area contributed by atoms with Crippen LogP contribution in [0.25, 0.3) is 0 Å². The molecule has 2 rings (SSSR count). The number of nitrogens with one attached hydrogen (secondary N) is 1. The Morgan fingerprint density at radius 1 is 1.21 bits per heavy atom. The average molecular weight is 218 g/mol. The molecule has 1 aliphatic carbocycles. The van der Waals surface area contributed by atoms with E-state index >= 15 is 0 Å². The molecule has 0 aromatic heterocycles. The molecule has 5 heteroatoms. The molecule has 2 aliphatic rings. The molecule has 82 valence electrons. The van der Waals surface area contributed by atoms with Gasteiger partial charge in [-0.2, -0.15) is 4.31 Å². The van der Waals surface area contributed by atoms with Crippen LogP contribution in [0, 0.1) is 0 Å². The second kappa shape index (κ2) is 3.79. The third-order valence-electron chi connectivity index (χ3n) is 3.40. The number of sulfonamides is 1. The largest absolute Gasteiger partial charge is 0.313 e. The van der Waals surface area contributed by atoms with E-state index in [1.54, 1.807) is 11.4 Å². The zero-order valence-electron chi connectivity index (χ0n) is 8.57. The van der Waals surface area contributed by atoms with Crippen LogP contribution in [0.2, 0.25) is 0 Å². The summed E-state index contributed by atoms with van der Waals surface area (Å²) in [5, 5.41) is 3.00. The first-order chi connectivity index (χ1) is 6.62. The fourth-order valence-electron chi connectivity index (χ4n) is 2.16. The van der Waals surface area contributed by atoms with Crippen molar-refractivity contribution in [3.8, 4) is 0 Å². The van der Waals surface area contributed by atoms with E-state index < -0.39 is 10.0 Å². The van der Waals surface area contributed by atoms with Gasteiger partial charge in [-0.25, -0.2) is 8.42 Å². The molecular weight excluding hydrogens is 200 g/mol. The molecule has 1 saturated carbocycles. The van der Waals surface area contributed by atoms with Crippen molar-refractivity contribution in [2.45, 2.75) is 37.0 Å². The van der Waals surface area contributed by atoms with Crippen molar-refractivity contribution in [2.75, 3.05) is 20.1 Å². The second-order valence-corrected chi connectivity index (χ2v) is 6.55. The lowest BCUT2D eigenvalue weighted by molar-refractivity contribution is 0.271. The van der Waals surface area contributed by atoms with Crippen molar-refractivity contribution >= 4 is 10.0 Å². The van der Waals surface area contributed by atoms with Crippen LogP contribution in [-0.2, 0) is 10.0 Å². The number of hydrogen-bond acceptors (Lipinski definition) is 3. The molecule has 1 N–H and O–H groups in total. The van der Waals surface area contributed by atoms with Gasteiger partial charge >= 0.3 is 0 Å². The van der Waals surface area contributed by atoms with Crippen molar-refractivity contribution in [2.24, 2.45) is 0 Å². The summed E-state index contributed by atoms with van der Waals surface area (Å²) in [7, 11) is -1.28. The van der Waals surface area contributed by atoms with E-state index in [1.807, 2.05) is 0 Å². The van der Waals surface area contributed by atoms with Gasteiger partial charge in [0.2, 0.25) is 10.0 Å². The smallest absolute Gasteiger partial charge is 0.217 e. The van der Waals surface area contributed by atoms with Crippen LogP contribution in [0.3, 0.4) is 0 Å². The molecule has 0 unspecified atom stereocenters. The van der Waals surface area contributed by atoms with Gasteiger partial charge in [-0.15, -0.1) is 0 Å². The summed E-state index contributed by atoms with van der Waals surface area (Å²) < 4.78 is 25.7. The van der Waals surface area contributed by atoms with E-state index in [0.717, 1.165) is 38.8 Å². The van der Waals surface area contributed by atoms with Crippen molar-refractivity contribution in [3.63, 3.8) is 0 Å². The van der Waals surface area contributed by atoms with Crippen molar-refractivity contribution in [1.29, 1.82) is 0 Å². The quantitative estimate of drug-likeness (QED) is 0.734. The predicted molar refractivity (Wildman–Crippen MR) is 55.6 cm³/mol. The summed E-state index contributed by atoms with van der Waals surface area (Å²) >= 11 is 0. The molecule has 0 amide bonds. The minimum absolute atomic E-state index is 0.104. The molecule has 0 bridgehead atoms. The Kier molecular flexibility index (Phi) is 2.81. The molecular formula is C9H18N2O2S. The number of rotatable bonds is 3. The molecule has 1 aliphatic heterocycles. The third kappa shape index (κ3) is 1.68. The molecule has 0 atom stereocenters. The van der Waals surface area contributed by atoms with Gasteiger partial charge in [-0.05, 0) is 12.8 Å². The van der Waals surface area contributed by atoms with Gasteiger partial charge in [0.05, 0.1) is 5.25 Å². The predicted octanol–water partition coefficient (Wildman–Crippen LogP) is 0.162. The van der Waals surface area contributed by atoms with Crippen LogP contribution in [0.5, 0.6) is 0 Å². The van der Waals surface area contributed by atoms with Crippen LogP contribution >= 0.6 is 0 Å². The molecule has 0 aromatic carbocycles. The maximum absolute atomic E-state index is 12.1. The minimum atomic E-state index is -3.01. The van der Waals surface area contributed by atoms with Gasteiger partial charge in [0.25, 0.3) is 0 Å². The van der Waals surface area contributed by atoms with Gasteiger partial charge in [-0.3, -0.25) is 0 Å². The lowest BCUT2D eigenvalue weighted by atomic mass is 10.2. The topological polar surface area (TPSA) is 49.4 Å². The molecule has 0 aromatic rings.